The average Bonchev–Trinajstić information content (AvgIpc) is 2.97. The predicted molar refractivity (Wildman–Crippen MR) is 88.0 cm³/mol. The van der Waals surface area contributed by atoms with Crippen LogP contribution in [0.25, 0.3) is 0 Å². The fourth-order valence-corrected chi connectivity index (χ4v) is 2.65. The number of hydrogen-bond acceptors (Lipinski definition) is 5. The Morgan fingerprint density at radius 1 is 1.55 bits per heavy atom. The highest BCUT2D eigenvalue weighted by Crippen LogP contribution is 2.34. The first-order valence-corrected chi connectivity index (χ1v) is 7.85. The Morgan fingerprint density at radius 2 is 2.36 bits per heavy atom. The van der Waals surface area contributed by atoms with Crippen molar-refractivity contribution in [2.24, 2.45) is 5.10 Å². The Hall–Kier alpha value is -2.05. The number of amides is 1. The topological polar surface area (TPSA) is 70.9 Å². The molecule has 1 heterocycles. The van der Waals surface area contributed by atoms with Crippen molar-refractivity contribution in [3.63, 3.8) is 0 Å². The smallest absolute Gasteiger partial charge is 0.245 e. The molecule has 2 N–H and O–H groups in total. The van der Waals surface area contributed by atoms with Crippen molar-refractivity contribution in [2.75, 3.05) is 6.61 Å². The summed E-state index contributed by atoms with van der Waals surface area (Å²) in [5.41, 5.74) is 3.06. The van der Waals surface area contributed by atoms with E-state index in [-0.39, 0.29) is 28.8 Å². The minimum absolute atomic E-state index is 0.109. The molecule has 7 heteroatoms. The third-order valence-corrected chi connectivity index (χ3v) is 3.83. The highest BCUT2D eigenvalue weighted by atomic mass is 35.5. The summed E-state index contributed by atoms with van der Waals surface area (Å²) in [7, 11) is 0. The Balaban J connectivity index is 1.99. The number of rotatable bonds is 6. The lowest BCUT2D eigenvalue weighted by Gasteiger charge is -2.08. The molecule has 0 aliphatic carbocycles. The van der Waals surface area contributed by atoms with Crippen LogP contribution in [0.15, 0.2) is 34.7 Å². The molecule has 1 amide bonds. The lowest BCUT2D eigenvalue weighted by atomic mass is 10.2. The molecule has 22 heavy (non-hydrogen) atoms. The van der Waals surface area contributed by atoms with Gasteiger partial charge in [-0.05, 0) is 36.1 Å². The zero-order chi connectivity index (χ0) is 15.9. The van der Waals surface area contributed by atoms with E-state index < -0.39 is 0 Å². The van der Waals surface area contributed by atoms with E-state index >= 15 is 0 Å². The number of phenolic OH excluding ortho intramolecular Hbond substituents is 1. The number of hydrogen-bond donors (Lipinski definition) is 2. The highest BCUT2D eigenvalue weighted by molar-refractivity contribution is 7.10. The summed E-state index contributed by atoms with van der Waals surface area (Å²) < 4.78 is 5.27. The molecule has 0 aliphatic rings. The molecule has 1 aromatic carbocycles. The minimum atomic E-state index is -0.200. The van der Waals surface area contributed by atoms with Crippen LogP contribution in [-0.2, 0) is 11.2 Å². The fraction of sp³-hybridized carbons (Fsp3) is 0.200. The molecule has 0 aliphatic heterocycles. The second-order valence-corrected chi connectivity index (χ2v) is 5.77. The third-order valence-electron chi connectivity index (χ3n) is 2.67. The number of phenols is 1. The first-order chi connectivity index (χ1) is 10.6. The van der Waals surface area contributed by atoms with Gasteiger partial charge in [0.05, 0.1) is 24.3 Å². The standard InChI is InChI=1S/C15H15ClN2O3S/c1-2-21-13-7-10(6-12(16)15(13)20)9-17-18-14(19)8-11-4-3-5-22-11/h3-7,9,20H,2,8H2,1H3,(H,18,19)/b17-9+. The van der Waals surface area contributed by atoms with Gasteiger partial charge in [-0.3, -0.25) is 4.79 Å². The van der Waals surface area contributed by atoms with E-state index in [9.17, 15) is 9.90 Å². The average molecular weight is 339 g/mol. The molecule has 0 spiro atoms. The van der Waals surface area contributed by atoms with E-state index in [0.717, 1.165) is 4.88 Å². The molecule has 0 unspecified atom stereocenters. The molecule has 0 bridgehead atoms. The van der Waals surface area contributed by atoms with Gasteiger partial charge in [0, 0.05) is 4.88 Å². The molecule has 2 rings (SSSR count). The van der Waals surface area contributed by atoms with Gasteiger partial charge in [-0.2, -0.15) is 5.10 Å². The summed E-state index contributed by atoms with van der Waals surface area (Å²) in [5.74, 6) is -0.0302. The lowest BCUT2D eigenvalue weighted by molar-refractivity contribution is -0.120. The van der Waals surface area contributed by atoms with Crippen LogP contribution >= 0.6 is 22.9 Å². The van der Waals surface area contributed by atoms with Crippen LogP contribution in [-0.4, -0.2) is 23.8 Å². The number of carbonyl (C=O) groups excluding carboxylic acids is 1. The van der Waals surface area contributed by atoms with Gasteiger partial charge in [-0.1, -0.05) is 17.7 Å². The zero-order valence-corrected chi connectivity index (χ0v) is 13.4. The maximum absolute atomic E-state index is 11.7. The number of thiophene rings is 1. The van der Waals surface area contributed by atoms with Crippen molar-refractivity contribution >= 4 is 35.1 Å². The van der Waals surface area contributed by atoms with Crippen molar-refractivity contribution in [1.82, 2.24) is 5.43 Å². The van der Waals surface area contributed by atoms with Gasteiger partial charge in [-0.25, -0.2) is 5.43 Å². The normalized spacial score (nSPS) is 10.8. The van der Waals surface area contributed by atoms with E-state index in [2.05, 4.69) is 10.5 Å². The zero-order valence-electron chi connectivity index (χ0n) is 11.9. The van der Waals surface area contributed by atoms with Crippen molar-refractivity contribution in [2.45, 2.75) is 13.3 Å². The van der Waals surface area contributed by atoms with Gasteiger partial charge < -0.3 is 9.84 Å². The molecule has 0 radical (unpaired) electrons. The second kappa shape index (κ2) is 7.82. The van der Waals surface area contributed by atoms with Crippen LogP contribution in [0.3, 0.4) is 0 Å². The van der Waals surface area contributed by atoms with E-state index in [1.807, 2.05) is 17.5 Å². The predicted octanol–water partition coefficient (Wildman–Crippen LogP) is 3.20. The second-order valence-electron chi connectivity index (χ2n) is 4.33. The van der Waals surface area contributed by atoms with Gasteiger partial charge in [0.1, 0.15) is 0 Å². The molecule has 5 nitrogen and oxygen atoms in total. The Morgan fingerprint density at radius 3 is 3.05 bits per heavy atom. The quantitative estimate of drug-likeness (QED) is 0.627. The first-order valence-electron chi connectivity index (χ1n) is 6.59. The van der Waals surface area contributed by atoms with Gasteiger partial charge in [0.2, 0.25) is 5.91 Å². The molecular weight excluding hydrogens is 324 g/mol. The molecule has 2 aromatic rings. The molecule has 116 valence electrons. The van der Waals surface area contributed by atoms with E-state index in [4.69, 9.17) is 16.3 Å². The first kappa shape index (κ1) is 16.3. The fourth-order valence-electron chi connectivity index (χ4n) is 1.72. The van der Waals surface area contributed by atoms with Gasteiger partial charge in [-0.15, -0.1) is 11.3 Å². The lowest BCUT2D eigenvalue weighted by Crippen LogP contribution is -2.19. The van der Waals surface area contributed by atoms with E-state index in [0.29, 0.717) is 12.2 Å². The summed E-state index contributed by atoms with van der Waals surface area (Å²) in [4.78, 5) is 12.7. The van der Waals surface area contributed by atoms with Crippen molar-refractivity contribution in [3.05, 3.63) is 45.1 Å². The number of halogens is 1. The number of ether oxygens (including phenoxy) is 1. The largest absolute Gasteiger partial charge is 0.503 e. The number of nitrogens with zero attached hydrogens (tertiary/aromatic N) is 1. The van der Waals surface area contributed by atoms with Crippen LogP contribution in [0.5, 0.6) is 11.5 Å². The molecular formula is C15H15ClN2O3S. The van der Waals surface area contributed by atoms with Crippen molar-refractivity contribution in [3.8, 4) is 11.5 Å². The van der Waals surface area contributed by atoms with Crippen LogP contribution in [0.4, 0.5) is 0 Å². The van der Waals surface area contributed by atoms with Crippen LogP contribution < -0.4 is 10.2 Å². The molecule has 0 fully saturated rings. The van der Waals surface area contributed by atoms with Gasteiger partial charge >= 0.3 is 0 Å². The number of hydrazone groups is 1. The molecule has 1 aromatic heterocycles. The Bertz CT molecular complexity index is 672. The number of nitrogens with one attached hydrogen (secondary N) is 1. The van der Waals surface area contributed by atoms with E-state index in [1.165, 1.54) is 23.6 Å². The van der Waals surface area contributed by atoms with Gasteiger partial charge in [0.25, 0.3) is 0 Å². The van der Waals surface area contributed by atoms with Crippen molar-refractivity contribution in [1.29, 1.82) is 0 Å². The van der Waals surface area contributed by atoms with Crippen LogP contribution in [0.2, 0.25) is 5.02 Å². The summed E-state index contributed by atoms with van der Waals surface area (Å²) in [6.45, 7) is 2.21. The molecule has 0 atom stereocenters. The number of carbonyl (C=O) groups is 1. The van der Waals surface area contributed by atoms with Crippen LogP contribution in [0, 0.1) is 0 Å². The van der Waals surface area contributed by atoms with E-state index in [1.54, 1.807) is 13.0 Å². The summed E-state index contributed by atoms with van der Waals surface area (Å²) in [5, 5.41) is 15.7. The van der Waals surface area contributed by atoms with Gasteiger partial charge in [0.15, 0.2) is 11.5 Å². The monoisotopic (exact) mass is 338 g/mol. The summed E-state index contributed by atoms with van der Waals surface area (Å²) in [6, 6.07) is 6.92. The van der Waals surface area contributed by atoms with Crippen molar-refractivity contribution < 1.29 is 14.6 Å². The molecule has 0 saturated carbocycles. The third kappa shape index (κ3) is 4.47. The summed E-state index contributed by atoms with van der Waals surface area (Å²) in [6.07, 6.45) is 1.73. The Labute approximate surface area is 137 Å². The highest BCUT2D eigenvalue weighted by Gasteiger charge is 2.08. The Kier molecular flexibility index (Phi) is 5.80. The van der Waals surface area contributed by atoms with Crippen LogP contribution in [0.1, 0.15) is 17.4 Å². The SMILES string of the molecule is CCOc1cc(/C=N/NC(=O)Cc2cccs2)cc(Cl)c1O. The maximum Gasteiger partial charge on any atom is 0.245 e. The number of aromatic hydroxyl groups is 1. The number of benzene rings is 1. The maximum atomic E-state index is 11.7. The molecule has 0 saturated heterocycles. The minimum Gasteiger partial charge on any atom is -0.503 e. The summed E-state index contributed by atoms with van der Waals surface area (Å²) >= 11 is 7.43.